The number of phenols is 1. The minimum absolute atomic E-state index is 0.282. The number of hydrogen-bond donors (Lipinski definition) is 1. The van der Waals surface area contributed by atoms with Gasteiger partial charge in [0.2, 0.25) is 0 Å². The first-order valence-electron chi connectivity index (χ1n) is 4.57. The first-order chi connectivity index (χ1) is 6.15. The second kappa shape index (κ2) is 4.13. The summed E-state index contributed by atoms with van der Waals surface area (Å²) in [5.41, 5.74) is 2.18. The monoisotopic (exact) mass is 176 g/mol. The summed E-state index contributed by atoms with van der Waals surface area (Å²) in [6.07, 6.45) is 4.08. The predicted molar refractivity (Wildman–Crippen MR) is 56.1 cm³/mol. The van der Waals surface area contributed by atoms with Crippen molar-refractivity contribution in [3.63, 3.8) is 0 Å². The van der Waals surface area contributed by atoms with Gasteiger partial charge in [-0.25, -0.2) is 0 Å². The zero-order chi connectivity index (χ0) is 9.84. The van der Waals surface area contributed by atoms with Crippen molar-refractivity contribution in [3.05, 3.63) is 41.5 Å². The van der Waals surface area contributed by atoms with Gasteiger partial charge in [-0.15, -0.1) is 0 Å². The molecule has 1 aromatic carbocycles. The molecule has 13 heavy (non-hydrogen) atoms. The van der Waals surface area contributed by atoms with E-state index in [0.717, 1.165) is 5.56 Å². The van der Waals surface area contributed by atoms with Gasteiger partial charge in [0.25, 0.3) is 0 Å². The average molecular weight is 176 g/mol. The third kappa shape index (κ3) is 2.35. The third-order valence-corrected chi connectivity index (χ3v) is 2.15. The van der Waals surface area contributed by atoms with E-state index in [1.54, 1.807) is 6.07 Å². The van der Waals surface area contributed by atoms with E-state index in [0.29, 0.717) is 5.75 Å². The molecule has 0 heterocycles. The lowest BCUT2D eigenvalue weighted by Crippen LogP contribution is -1.90. The van der Waals surface area contributed by atoms with Crippen molar-refractivity contribution < 1.29 is 5.11 Å². The van der Waals surface area contributed by atoms with Crippen LogP contribution < -0.4 is 0 Å². The smallest absolute Gasteiger partial charge is 0.119 e. The second-order valence-corrected chi connectivity index (χ2v) is 3.38. The van der Waals surface area contributed by atoms with Gasteiger partial charge in [0.1, 0.15) is 5.75 Å². The van der Waals surface area contributed by atoms with Crippen LogP contribution in [0.3, 0.4) is 0 Å². The van der Waals surface area contributed by atoms with Gasteiger partial charge in [-0.2, -0.15) is 0 Å². The van der Waals surface area contributed by atoms with Crippen LogP contribution in [0.5, 0.6) is 5.75 Å². The summed E-state index contributed by atoms with van der Waals surface area (Å²) in [6.45, 7) is 6.10. The lowest BCUT2D eigenvalue weighted by Gasteiger charge is -2.09. The van der Waals surface area contributed by atoms with Crippen molar-refractivity contribution in [3.8, 4) is 5.75 Å². The van der Waals surface area contributed by atoms with Gasteiger partial charge in [-0.1, -0.05) is 36.8 Å². The zero-order valence-electron chi connectivity index (χ0n) is 8.41. The molecule has 1 N–H and O–H groups in total. The van der Waals surface area contributed by atoms with Crippen LogP contribution in [-0.2, 0) is 0 Å². The Hall–Kier alpha value is -1.24. The van der Waals surface area contributed by atoms with Gasteiger partial charge in [0, 0.05) is 11.5 Å². The van der Waals surface area contributed by atoms with E-state index < -0.39 is 0 Å². The van der Waals surface area contributed by atoms with Crippen molar-refractivity contribution in [2.24, 2.45) is 0 Å². The minimum atomic E-state index is 0.282. The van der Waals surface area contributed by atoms with E-state index in [2.05, 4.69) is 13.0 Å². The number of aryl methyl sites for hydroxylation is 1. The van der Waals surface area contributed by atoms with Gasteiger partial charge >= 0.3 is 0 Å². The topological polar surface area (TPSA) is 20.2 Å². The Kier molecular flexibility index (Phi) is 3.13. The molecule has 1 unspecified atom stereocenters. The maximum absolute atomic E-state index is 9.60. The van der Waals surface area contributed by atoms with Crippen LogP contribution in [0.1, 0.15) is 30.9 Å². The standard InChI is InChI=1S/C12H16O/c1-4-5-10(3)11-8-9(2)6-7-12(11)13/h4-8,10,13H,1-3H3/b5-4+. The van der Waals surface area contributed by atoms with Crippen LogP contribution in [-0.4, -0.2) is 5.11 Å². The quantitative estimate of drug-likeness (QED) is 0.685. The van der Waals surface area contributed by atoms with Crippen LogP contribution in [0.25, 0.3) is 0 Å². The average Bonchev–Trinajstić information content (AvgIpc) is 2.09. The Morgan fingerprint density at radius 3 is 2.69 bits per heavy atom. The van der Waals surface area contributed by atoms with Gasteiger partial charge < -0.3 is 5.11 Å². The van der Waals surface area contributed by atoms with Crippen molar-refractivity contribution >= 4 is 0 Å². The number of benzene rings is 1. The summed E-state index contributed by atoms with van der Waals surface area (Å²) >= 11 is 0. The van der Waals surface area contributed by atoms with Gasteiger partial charge in [-0.05, 0) is 19.9 Å². The summed E-state index contributed by atoms with van der Waals surface area (Å²) in [5.74, 6) is 0.668. The summed E-state index contributed by atoms with van der Waals surface area (Å²) in [5, 5.41) is 9.60. The molecule has 1 nitrogen and oxygen atoms in total. The Labute approximate surface area is 79.7 Å². The summed E-state index contributed by atoms with van der Waals surface area (Å²) in [4.78, 5) is 0. The minimum Gasteiger partial charge on any atom is -0.508 e. The van der Waals surface area contributed by atoms with E-state index in [1.165, 1.54) is 5.56 Å². The molecule has 1 heteroatoms. The van der Waals surface area contributed by atoms with Gasteiger partial charge in [0.05, 0.1) is 0 Å². The molecule has 1 rings (SSSR count). The first kappa shape index (κ1) is 9.85. The number of hydrogen-bond acceptors (Lipinski definition) is 1. The molecule has 1 atom stereocenters. The molecule has 0 amide bonds. The lowest BCUT2D eigenvalue weighted by molar-refractivity contribution is 0.466. The molecule has 1 aromatic rings. The Morgan fingerprint density at radius 1 is 1.38 bits per heavy atom. The predicted octanol–water partition coefficient (Wildman–Crippen LogP) is 3.38. The van der Waals surface area contributed by atoms with Gasteiger partial charge in [0.15, 0.2) is 0 Å². The Morgan fingerprint density at radius 2 is 2.08 bits per heavy atom. The molecular weight excluding hydrogens is 160 g/mol. The molecule has 0 radical (unpaired) electrons. The normalized spacial score (nSPS) is 13.5. The van der Waals surface area contributed by atoms with E-state index in [9.17, 15) is 5.11 Å². The largest absolute Gasteiger partial charge is 0.508 e. The molecule has 0 saturated carbocycles. The van der Waals surface area contributed by atoms with Crippen LogP contribution in [0, 0.1) is 6.92 Å². The maximum atomic E-state index is 9.60. The second-order valence-electron chi connectivity index (χ2n) is 3.38. The fraction of sp³-hybridized carbons (Fsp3) is 0.333. The molecule has 0 aromatic heterocycles. The Balaban J connectivity index is 3.05. The molecule has 0 fully saturated rings. The van der Waals surface area contributed by atoms with Crippen LogP contribution >= 0.6 is 0 Å². The van der Waals surface area contributed by atoms with Crippen LogP contribution in [0.15, 0.2) is 30.4 Å². The number of rotatable bonds is 2. The molecule has 0 bridgehead atoms. The van der Waals surface area contributed by atoms with Gasteiger partial charge in [-0.3, -0.25) is 0 Å². The van der Waals surface area contributed by atoms with Crippen molar-refractivity contribution in [2.45, 2.75) is 26.7 Å². The summed E-state index contributed by atoms with van der Waals surface area (Å²) < 4.78 is 0. The summed E-state index contributed by atoms with van der Waals surface area (Å²) in [7, 11) is 0. The van der Waals surface area contributed by atoms with E-state index >= 15 is 0 Å². The first-order valence-corrected chi connectivity index (χ1v) is 4.57. The SMILES string of the molecule is C/C=C/C(C)c1cc(C)ccc1O. The fourth-order valence-electron chi connectivity index (χ4n) is 1.43. The van der Waals surface area contributed by atoms with Crippen molar-refractivity contribution in [1.82, 2.24) is 0 Å². The van der Waals surface area contributed by atoms with Crippen LogP contribution in [0.4, 0.5) is 0 Å². The van der Waals surface area contributed by atoms with E-state index in [-0.39, 0.29) is 5.92 Å². The molecular formula is C12H16O. The highest BCUT2D eigenvalue weighted by Gasteiger charge is 2.06. The number of phenolic OH excluding ortho intramolecular Hbond substituents is 1. The molecule has 0 aliphatic heterocycles. The molecule has 0 spiro atoms. The maximum Gasteiger partial charge on any atom is 0.119 e. The van der Waals surface area contributed by atoms with E-state index in [1.807, 2.05) is 32.1 Å². The summed E-state index contributed by atoms with van der Waals surface area (Å²) in [6, 6.07) is 5.70. The Bertz CT molecular complexity index is 313. The highest BCUT2D eigenvalue weighted by molar-refractivity contribution is 5.39. The molecule has 0 saturated heterocycles. The highest BCUT2D eigenvalue weighted by atomic mass is 16.3. The van der Waals surface area contributed by atoms with Crippen LogP contribution in [0.2, 0.25) is 0 Å². The third-order valence-electron chi connectivity index (χ3n) is 2.15. The lowest BCUT2D eigenvalue weighted by atomic mass is 9.98. The fourth-order valence-corrected chi connectivity index (χ4v) is 1.43. The number of allylic oxidation sites excluding steroid dienone is 2. The molecule has 0 aliphatic carbocycles. The van der Waals surface area contributed by atoms with Crippen molar-refractivity contribution in [2.75, 3.05) is 0 Å². The highest BCUT2D eigenvalue weighted by Crippen LogP contribution is 2.27. The molecule has 70 valence electrons. The van der Waals surface area contributed by atoms with Crippen molar-refractivity contribution in [1.29, 1.82) is 0 Å². The van der Waals surface area contributed by atoms with E-state index in [4.69, 9.17) is 0 Å². The number of aromatic hydroxyl groups is 1. The molecule has 0 aliphatic rings. The zero-order valence-corrected chi connectivity index (χ0v) is 8.41.